The van der Waals surface area contributed by atoms with E-state index in [4.69, 9.17) is 10.0 Å². The van der Waals surface area contributed by atoms with E-state index in [9.17, 15) is 0 Å². The van der Waals surface area contributed by atoms with E-state index >= 15 is 0 Å². The maximum Gasteiger partial charge on any atom is 0.490 e. The summed E-state index contributed by atoms with van der Waals surface area (Å²) < 4.78 is 4.37. The lowest BCUT2D eigenvalue weighted by atomic mass is 9.82. The van der Waals surface area contributed by atoms with E-state index in [-0.39, 0.29) is 5.46 Å². The Morgan fingerprint density at radius 1 is 1.33 bits per heavy atom. The van der Waals surface area contributed by atoms with Crippen molar-refractivity contribution in [2.75, 3.05) is 0 Å². The van der Waals surface area contributed by atoms with E-state index < -0.39 is 7.12 Å². The molecule has 0 amide bonds. The van der Waals surface area contributed by atoms with Crippen molar-refractivity contribution in [1.29, 1.82) is 0 Å². The molecule has 2 heterocycles. The van der Waals surface area contributed by atoms with Crippen molar-refractivity contribution < 1.29 is 14.7 Å². The highest BCUT2D eigenvalue weighted by atomic mass is 16.6. The Hall–Kier alpha value is -1.47. The number of nitrogens with zero attached hydrogens (tertiary/aromatic N) is 3. The van der Waals surface area contributed by atoms with Crippen LogP contribution in [0.1, 0.15) is 0 Å². The quantitative estimate of drug-likeness (QED) is 0.489. The summed E-state index contributed by atoms with van der Waals surface area (Å²) in [5.41, 5.74) is 1.01. The van der Waals surface area contributed by atoms with E-state index in [1.807, 2.05) is 0 Å². The fraction of sp³-hybridized carbons (Fsp3) is 0. The average molecular weight is 165 g/mol. The molecule has 0 saturated heterocycles. The van der Waals surface area contributed by atoms with E-state index in [1.54, 1.807) is 0 Å². The van der Waals surface area contributed by atoms with Crippen LogP contribution in [-0.4, -0.2) is 32.5 Å². The Balaban J connectivity index is 2.60. The maximum atomic E-state index is 8.76. The molecule has 2 aromatic heterocycles. The van der Waals surface area contributed by atoms with Crippen molar-refractivity contribution in [2.45, 2.75) is 0 Å². The van der Waals surface area contributed by atoms with Gasteiger partial charge in [-0.3, -0.25) is 0 Å². The summed E-state index contributed by atoms with van der Waals surface area (Å²) in [5, 5.41) is 24.5. The SMILES string of the molecule is OB(O)c1cnc2nonc2c1. The Bertz CT molecular complexity index is 401. The molecule has 0 aliphatic carbocycles. The standard InChI is InChI=1S/C5H4BN3O3/c10-6(11)3-1-4-5(7-2-3)9-12-8-4/h1-2,10-11H. The summed E-state index contributed by atoms with van der Waals surface area (Å²) in [7, 11) is -1.54. The van der Waals surface area contributed by atoms with Crippen molar-refractivity contribution in [3.05, 3.63) is 12.3 Å². The predicted octanol–water partition coefficient (Wildman–Crippen LogP) is -1.70. The van der Waals surface area contributed by atoms with Gasteiger partial charge < -0.3 is 10.0 Å². The molecule has 0 aromatic carbocycles. The van der Waals surface area contributed by atoms with Crippen molar-refractivity contribution in [3.63, 3.8) is 0 Å². The highest BCUT2D eigenvalue weighted by Crippen LogP contribution is 2.01. The summed E-state index contributed by atoms with van der Waals surface area (Å²) in [6.07, 6.45) is 1.30. The van der Waals surface area contributed by atoms with Gasteiger partial charge in [0, 0.05) is 11.7 Å². The Labute approximate surface area is 67.0 Å². The molecule has 7 heteroatoms. The van der Waals surface area contributed by atoms with Gasteiger partial charge in [-0.1, -0.05) is 0 Å². The highest BCUT2D eigenvalue weighted by Gasteiger charge is 2.13. The zero-order chi connectivity index (χ0) is 8.55. The van der Waals surface area contributed by atoms with Crippen LogP contribution in [0.4, 0.5) is 0 Å². The van der Waals surface area contributed by atoms with Crippen LogP contribution in [0.15, 0.2) is 16.9 Å². The van der Waals surface area contributed by atoms with Crippen molar-refractivity contribution in [2.24, 2.45) is 0 Å². The van der Waals surface area contributed by atoms with Crippen LogP contribution in [0.5, 0.6) is 0 Å². The minimum atomic E-state index is -1.54. The fourth-order valence-electron chi connectivity index (χ4n) is 0.843. The molecule has 0 bridgehead atoms. The maximum absolute atomic E-state index is 8.76. The molecule has 0 radical (unpaired) electrons. The second-order valence-corrected chi connectivity index (χ2v) is 2.25. The highest BCUT2D eigenvalue weighted by molar-refractivity contribution is 6.58. The zero-order valence-corrected chi connectivity index (χ0v) is 5.88. The first-order valence-electron chi connectivity index (χ1n) is 3.22. The largest absolute Gasteiger partial charge is 0.490 e. The average Bonchev–Trinajstić information content (AvgIpc) is 2.49. The molecule has 0 fully saturated rings. The number of fused-ring (bicyclic) bond motifs is 1. The first-order valence-corrected chi connectivity index (χ1v) is 3.22. The third-order valence-corrected chi connectivity index (χ3v) is 1.43. The molecule has 0 aliphatic heterocycles. The third-order valence-electron chi connectivity index (χ3n) is 1.43. The van der Waals surface area contributed by atoms with E-state index in [0.717, 1.165) is 0 Å². The van der Waals surface area contributed by atoms with E-state index in [2.05, 4.69) is 19.9 Å². The molecule has 12 heavy (non-hydrogen) atoms. The van der Waals surface area contributed by atoms with Crippen LogP contribution >= 0.6 is 0 Å². The minimum absolute atomic E-state index is 0.262. The Morgan fingerprint density at radius 2 is 2.17 bits per heavy atom. The molecule has 0 saturated carbocycles. The minimum Gasteiger partial charge on any atom is -0.423 e. The lowest BCUT2D eigenvalue weighted by molar-refractivity contribution is 0.315. The number of hydrogen-bond donors (Lipinski definition) is 2. The Kier molecular flexibility index (Phi) is 1.52. The molecule has 0 aliphatic rings. The summed E-state index contributed by atoms with van der Waals surface area (Å²) in [6.45, 7) is 0. The van der Waals surface area contributed by atoms with Crippen LogP contribution in [0.3, 0.4) is 0 Å². The number of pyridine rings is 1. The van der Waals surface area contributed by atoms with Gasteiger partial charge in [0.1, 0.15) is 0 Å². The van der Waals surface area contributed by atoms with Gasteiger partial charge in [-0.2, -0.15) is 0 Å². The molecular formula is C5H4BN3O3. The smallest absolute Gasteiger partial charge is 0.423 e. The van der Waals surface area contributed by atoms with Crippen LogP contribution in [0.2, 0.25) is 0 Å². The predicted molar refractivity (Wildman–Crippen MR) is 39.4 cm³/mol. The molecule has 2 N–H and O–H groups in total. The van der Waals surface area contributed by atoms with Gasteiger partial charge in [-0.15, -0.1) is 0 Å². The van der Waals surface area contributed by atoms with Crippen LogP contribution < -0.4 is 5.46 Å². The van der Waals surface area contributed by atoms with Crippen LogP contribution in [0, 0.1) is 0 Å². The van der Waals surface area contributed by atoms with Crippen LogP contribution in [0.25, 0.3) is 11.2 Å². The van der Waals surface area contributed by atoms with Crippen molar-refractivity contribution in [1.82, 2.24) is 15.3 Å². The second kappa shape index (κ2) is 2.54. The fourth-order valence-corrected chi connectivity index (χ4v) is 0.843. The lowest BCUT2D eigenvalue weighted by Gasteiger charge is -1.94. The van der Waals surface area contributed by atoms with Crippen molar-refractivity contribution in [3.8, 4) is 0 Å². The molecule has 2 aromatic rings. The summed E-state index contributed by atoms with van der Waals surface area (Å²) >= 11 is 0. The van der Waals surface area contributed by atoms with E-state index in [1.165, 1.54) is 12.3 Å². The molecule has 60 valence electrons. The number of aromatic nitrogens is 3. The first-order chi connectivity index (χ1) is 5.77. The van der Waals surface area contributed by atoms with Gasteiger partial charge in [0.2, 0.25) is 5.65 Å². The van der Waals surface area contributed by atoms with Gasteiger partial charge in [0.15, 0.2) is 5.52 Å². The summed E-state index contributed by atoms with van der Waals surface area (Å²) in [4.78, 5) is 3.78. The molecule has 0 spiro atoms. The first kappa shape index (κ1) is 7.20. The normalized spacial score (nSPS) is 10.5. The molecule has 0 unspecified atom stereocenters. The number of hydrogen-bond acceptors (Lipinski definition) is 6. The van der Waals surface area contributed by atoms with Gasteiger partial charge in [0.05, 0.1) is 0 Å². The monoisotopic (exact) mass is 165 g/mol. The van der Waals surface area contributed by atoms with Gasteiger partial charge in [-0.25, -0.2) is 9.61 Å². The summed E-state index contributed by atoms with van der Waals surface area (Å²) in [5.74, 6) is 0. The molecule has 6 nitrogen and oxygen atoms in total. The Morgan fingerprint density at radius 3 is 2.92 bits per heavy atom. The topological polar surface area (TPSA) is 92.3 Å². The van der Waals surface area contributed by atoms with Crippen molar-refractivity contribution >= 4 is 23.7 Å². The summed E-state index contributed by atoms with van der Waals surface area (Å²) in [6, 6.07) is 1.45. The van der Waals surface area contributed by atoms with Gasteiger partial charge in [0.25, 0.3) is 0 Å². The second-order valence-electron chi connectivity index (χ2n) is 2.25. The molecule has 0 atom stereocenters. The third kappa shape index (κ3) is 1.04. The lowest BCUT2D eigenvalue weighted by Crippen LogP contribution is -2.29. The van der Waals surface area contributed by atoms with E-state index in [0.29, 0.717) is 11.2 Å². The van der Waals surface area contributed by atoms with Crippen LogP contribution in [-0.2, 0) is 0 Å². The zero-order valence-electron chi connectivity index (χ0n) is 5.88. The molecule has 2 rings (SSSR count). The van der Waals surface area contributed by atoms with Gasteiger partial charge in [-0.05, 0) is 16.4 Å². The molecular weight excluding hydrogens is 161 g/mol. The number of rotatable bonds is 1. The van der Waals surface area contributed by atoms with Gasteiger partial charge >= 0.3 is 7.12 Å².